The zero-order valence-corrected chi connectivity index (χ0v) is 13.7. The van der Waals surface area contributed by atoms with Gasteiger partial charge in [0.05, 0.1) is 12.1 Å². The number of hydrogen-bond donors (Lipinski definition) is 1. The first kappa shape index (κ1) is 16.2. The second-order valence-electron chi connectivity index (χ2n) is 5.58. The van der Waals surface area contributed by atoms with E-state index in [1.807, 2.05) is 0 Å². The molecule has 2 aromatic rings. The van der Waals surface area contributed by atoms with Gasteiger partial charge in [-0.1, -0.05) is 17.7 Å². The highest BCUT2D eigenvalue weighted by Crippen LogP contribution is 2.27. The first-order valence-electron chi connectivity index (χ1n) is 7.45. The Morgan fingerprint density at radius 1 is 1.17 bits per heavy atom. The minimum absolute atomic E-state index is 0.0270. The van der Waals surface area contributed by atoms with Crippen molar-refractivity contribution in [3.8, 4) is 0 Å². The smallest absolute Gasteiger partial charge is 0.256 e. The molecule has 122 valence electrons. The van der Waals surface area contributed by atoms with Crippen LogP contribution in [0, 0.1) is 0 Å². The number of carbonyl (C=O) groups excluding carboxylic acids is 3. The average Bonchev–Trinajstić information content (AvgIpc) is 2.82. The number of rotatable bonds is 4. The molecule has 0 aliphatic carbocycles. The van der Waals surface area contributed by atoms with Gasteiger partial charge in [0.1, 0.15) is 6.04 Å². The Hall–Kier alpha value is -2.66. The highest BCUT2D eigenvalue weighted by atomic mass is 35.5. The van der Waals surface area contributed by atoms with E-state index in [1.54, 1.807) is 48.5 Å². The van der Waals surface area contributed by atoms with E-state index in [9.17, 15) is 14.4 Å². The molecule has 6 heteroatoms. The fraction of sp³-hybridized carbons (Fsp3) is 0.167. The normalized spacial score (nSPS) is 17.2. The predicted octanol–water partition coefficient (Wildman–Crippen LogP) is 3.29. The molecule has 0 bridgehead atoms. The van der Waals surface area contributed by atoms with E-state index in [0.29, 0.717) is 22.0 Å². The molecule has 2 amide bonds. The van der Waals surface area contributed by atoms with Crippen LogP contribution < -0.4 is 10.2 Å². The number of amides is 2. The van der Waals surface area contributed by atoms with Crippen molar-refractivity contribution in [1.29, 1.82) is 0 Å². The highest BCUT2D eigenvalue weighted by molar-refractivity contribution is 6.31. The van der Waals surface area contributed by atoms with Crippen molar-refractivity contribution in [3.63, 3.8) is 0 Å². The molecule has 1 fully saturated rings. The number of carbonyl (C=O) groups is 3. The lowest BCUT2D eigenvalue weighted by Gasteiger charge is -2.16. The molecule has 1 N–H and O–H groups in total. The van der Waals surface area contributed by atoms with Crippen LogP contribution in [0.25, 0.3) is 0 Å². The number of hydrogen-bond acceptors (Lipinski definition) is 4. The van der Waals surface area contributed by atoms with E-state index in [-0.39, 0.29) is 24.0 Å². The fourth-order valence-electron chi connectivity index (χ4n) is 2.63. The Morgan fingerprint density at radius 3 is 2.50 bits per heavy atom. The molecule has 1 heterocycles. The largest absolute Gasteiger partial charge is 0.373 e. The summed E-state index contributed by atoms with van der Waals surface area (Å²) < 4.78 is 0. The molecular formula is C18H15ClN2O3. The molecule has 1 aliphatic rings. The lowest BCUT2D eigenvalue weighted by molar-refractivity contribution is -0.121. The van der Waals surface area contributed by atoms with Crippen molar-refractivity contribution in [1.82, 2.24) is 0 Å². The topological polar surface area (TPSA) is 66.5 Å². The summed E-state index contributed by atoms with van der Waals surface area (Å²) in [7, 11) is 0. The molecule has 0 saturated carbocycles. The maximum absolute atomic E-state index is 12.6. The van der Waals surface area contributed by atoms with Gasteiger partial charge in [0.15, 0.2) is 5.78 Å². The van der Waals surface area contributed by atoms with Crippen LogP contribution in [0.15, 0.2) is 48.5 Å². The molecule has 5 nitrogen and oxygen atoms in total. The summed E-state index contributed by atoms with van der Waals surface area (Å²) in [5.41, 5.74) is 1.74. The summed E-state index contributed by atoms with van der Waals surface area (Å²) in [6.45, 7) is 1.49. The van der Waals surface area contributed by atoms with Crippen LogP contribution in [-0.4, -0.2) is 23.6 Å². The summed E-state index contributed by atoms with van der Waals surface area (Å²) in [6.07, 6.45) is 0.0693. The van der Waals surface area contributed by atoms with Gasteiger partial charge in [0, 0.05) is 16.3 Å². The number of halogens is 1. The van der Waals surface area contributed by atoms with Gasteiger partial charge in [0.2, 0.25) is 5.91 Å². The van der Waals surface area contributed by atoms with Crippen LogP contribution in [-0.2, 0) is 9.59 Å². The average molecular weight is 343 g/mol. The van der Waals surface area contributed by atoms with Gasteiger partial charge in [-0.05, 0) is 49.4 Å². The predicted molar refractivity (Wildman–Crippen MR) is 92.4 cm³/mol. The van der Waals surface area contributed by atoms with Gasteiger partial charge in [-0.2, -0.15) is 0 Å². The second-order valence-corrected chi connectivity index (χ2v) is 6.02. The van der Waals surface area contributed by atoms with E-state index in [4.69, 9.17) is 11.6 Å². The van der Waals surface area contributed by atoms with Gasteiger partial charge in [-0.3, -0.25) is 14.4 Å². The molecule has 0 unspecified atom stereocenters. The molecule has 2 aromatic carbocycles. The summed E-state index contributed by atoms with van der Waals surface area (Å²) in [5.74, 6) is -0.626. The van der Waals surface area contributed by atoms with Crippen LogP contribution in [0.3, 0.4) is 0 Å². The van der Waals surface area contributed by atoms with Crippen LogP contribution >= 0.6 is 11.6 Å². The Bertz CT molecular complexity index is 817. The zero-order valence-electron chi connectivity index (χ0n) is 13.0. The van der Waals surface area contributed by atoms with Crippen LogP contribution in [0.2, 0.25) is 5.02 Å². The maximum Gasteiger partial charge on any atom is 0.256 e. The lowest BCUT2D eigenvalue weighted by Crippen LogP contribution is -2.34. The molecule has 0 aromatic heterocycles. The summed E-state index contributed by atoms with van der Waals surface area (Å²) >= 11 is 5.93. The Labute approximate surface area is 144 Å². The standard InChI is InChI=1S/C18H15ClN2O3/c1-11(22)12-5-7-14(8-6-12)20-16-10-17(23)21(18(16)24)15-4-2-3-13(19)9-15/h2-9,16,20H,10H2,1H3/t16-/m0/s1. The molecule has 1 atom stereocenters. The zero-order chi connectivity index (χ0) is 17.3. The van der Waals surface area contributed by atoms with Gasteiger partial charge in [0.25, 0.3) is 5.91 Å². The van der Waals surface area contributed by atoms with Crippen molar-refractivity contribution in [2.45, 2.75) is 19.4 Å². The fourth-order valence-corrected chi connectivity index (χ4v) is 2.82. The molecule has 0 radical (unpaired) electrons. The van der Waals surface area contributed by atoms with Gasteiger partial charge in [-0.15, -0.1) is 0 Å². The molecule has 1 saturated heterocycles. The van der Waals surface area contributed by atoms with Crippen molar-refractivity contribution in [2.75, 3.05) is 10.2 Å². The summed E-state index contributed by atoms with van der Waals surface area (Å²) in [6, 6.07) is 12.8. The molecule has 3 rings (SSSR count). The van der Waals surface area contributed by atoms with Crippen LogP contribution in [0.4, 0.5) is 11.4 Å². The van der Waals surface area contributed by atoms with Crippen LogP contribution in [0.5, 0.6) is 0 Å². The number of benzene rings is 2. The Kier molecular flexibility index (Phi) is 4.36. The third-order valence-corrected chi connectivity index (χ3v) is 4.08. The van der Waals surface area contributed by atoms with Crippen molar-refractivity contribution < 1.29 is 14.4 Å². The summed E-state index contributed by atoms with van der Waals surface area (Å²) in [5, 5.41) is 3.51. The van der Waals surface area contributed by atoms with Crippen molar-refractivity contribution >= 4 is 40.6 Å². The number of Topliss-reactive ketones (excluding diaryl/α,β-unsaturated/α-hetero) is 1. The Balaban J connectivity index is 1.77. The quantitative estimate of drug-likeness (QED) is 0.684. The molecule has 24 heavy (non-hydrogen) atoms. The third-order valence-electron chi connectivity index (χ3n) is 3.85. The first-order valence-corrected chi connectivity index (χ1v) is 7.83. The third kappa shape index (κ3) is 3.16. The minimum Gasteiger partial charge on any atom is -0.373 e. The van der Waals surface area contributed by atoms with E-state index in [0.717, 1.165) is 4.90 Å². The van der Waals surface area contributed by atoms with Crippen molar-refractivity contribution in [2.24, 2.45) is 0 Å². The molecular weight excluding hydrogens is 328 g/mol. The number of ketones is 1. The van der Waals surface area contributed by atoms with Crippen molar-refractivity contribution in [3.05, 3.63) is 59.1 Å². The second kappa shape index (κ2) is 6.45. The lowest BCUT2D eigenvalue weighted by atomic mass is 10.1. The monoisotopic (exact) mass is 342 g/mol. The van der Waals surface area contributed by atoms with E-state index >= 15 is 0 Å². The number of nitrogens with zero attached hydrogens (tertiary/aromatic N) is 1. The van der Waals surface area contributed by atoms with E-state index < -0.39 is 6.04 Å². The molecule has 0 spiro atoms. The van der Waals surface area contributed by atoms with Gasteiger partial charge < -0.3 is 5.32 Å². The maximum atomic E-state index is 12.6. The molecule has 1 aliphatic heterocycles. The number of nitrogens with one attached hydrogen (secondary N) is 1. The summed E-state index contributed by atoms with van der Waals surface area (Å²) in [4.78, 5) is 37.2. The Morgan fingerprint density at radius 2 is 1.88 bits per heavy atom. The van der Waals surface area contributed by atoms with E-state index in [2.05, 4.69) is 5.32 Å². The van der Waals surface area contributed by atoms with Gasteiger partial charge in [-0.25, -0.2) is 4.90 Å². The SMILES string of the molecule is CC(=O)c1ccc(N[C@H]2CC(=O)N(c3cccc(Cl)c3)C2=O)cc1. The van der Waals surface area contributed by atoms with Crippen LogP contribution in [0.1, 0.15) is 23.7 Å². The van der Waals surface area contributed by atoms with Gasteiger partial charge >= 0.3 is 0 Å². The highest BCUT2D eigenvalue weighted by Gasteiger charge is 2.39. The number of anilines is 2. The number of imide groups is 1. The van der Waals surface area contributed by atoms with E-state index in [1.165, 1.54) is 6.92 Å². The minimum atomic E-state index is -0.639. The first-order chi connectivity index (χ1) is 11.5.